The van der Waals surface area contributed by atoms with Gasteiger partial charge in [-0.25, -0.2) is 0 Å². The Bertz CT molecular complexity index is 922. The summed E-state index contributed by atoms with van der Waals surface area (Å²) in [5, 5.41) is 20.0. The highest BCUT2D eigenvalue weighted by Crippen LogP contribution is 2.20. The van der Waals surface area contributed by atoms with Gasteiger partial charge in [0.2, 0.25) is 0 Å². The molecule has 1 aromatic heterocycles. The molecular weight excluding hydrogens is 346 g/mol. The fraction of sp³-hybridized carbons (Fsp3) is 0.300. The van der Waals surface area contributed by atoms with Crippen LogP contribution in [-0.4, -0.2) is 46.6 Å². The van der Waals surface area contributed by atoms with E-state index in [1.54, 1.807) is 12.1 Å². The lowest BCUT2D eigenvalue weighted by Gasteiger charge is -2.32. The van der Waals surface area contributed by atoms with Gasteiger partial charge < -0.3 is 19.9 Å². The van der Waals surface area contributed by atoms with E-state index in [1.807, 2.05) is 36.4 Å². The standard InChI is InChI=1S/C20H21N3O4/c24-11-13-5-7-14(8-6-13)27-18-12-26-10-9-17(18)21-20(25)19-15-3-1-2-4-16(15)22-23-19/h1-8,17-18,24H,9-12H2,(H,21,25)(H,22,23)/t17-,18-/m1/s1. The average Bonchev–Trinajstić information content (AvgIpc) is 3.14. The molecule has 2 atom stereocenters. The molecule has 1 saturated heterocycles. The van der Waals surface area contributed by atoms with Crippen molar-refractivity contribution in [2.75, 3.05) is 13.2 Å². The topological polar surface area (TPSA) is 96.5 Å². The predicted octanol–water partition coefficient (Wildman–Crippen LogP) is 2.02. The third-order valence-electron chi connectivity index (χ3n) is 4.70. The Morgan fingerprint density at radius 1 is 1.26 bits per heavy atom. The van der Waals surface area contributed by atoms with Crippen LogP contribution in [-0.2, 0) is 11.3 Å². The molecule has 140 valence electrons. The van der Waals surface area contributed by atoms with Crippen molar-refractivity contribution < 1.29 is 19.4 Å². The zero-order valence-electron chi connectivity index (χ0n) is 14.7. The van der Waals surface area contributed by atoms with Crippen molar-refractivity contribution in [3.05, 3.63) is 59.8 Å². The molecule has 2 heterocycles. The number of aromatic nitrogens is 2. The highest BCUT2D eigenvalue weighted by molar-refractivity contribution is 6.04. The van der Waals surface area contributed by atoms with Gasteiger partial charge in [-0.1, -0.05) is 30.3 Å². The Kier molecular flexibility index (Phi) is 5.04. The highest BCUT2D eigenvalue weighted by atomic mass is 16.5. The largest absolute Gasteiger partial charge is 0.486 e. The van der Waals surface area contributed by atoms with Gasteiger partial charge in [0.25, 0.3) is 5.91 Å². The number of amides is 1. The zero-order valence-corrected chi connectivity index (χ0v) is 14.7. The summed E-state index contributed by atoms with van der Waals surface area (Å²) in [6.45, 7) is 0.951. The minimum absolute atomic E-state index is 0.0108. The van der Waals surface area contributed by atoms with Gasteiger partial charge in [0.1, 0.15) is 11.9 Å². The van der Waals surface area contributed by atoms with Crippen molar-refractivity contribution in [2.24, 2.45) is 0 Å². The first kappa shape index (κ1) is 17.5. The number of carbonyl (C=O) groups excluding carboxylic acids is 1. The maximum absolute atomic E-state index is 12.8. The van der Waals surface area contributed by atoms with Gasteiger partial charge in [0.15, 0.2) is 5.69 Å². The minimum Gasteiger partial charge on any atom is -0.486 e. The highest BCUT2D eigenvalue weighted by Gasteiger charge is 2.30. The smallest absolute Gasteiger partial charge is 0.272 e. The molecule has 2 aromatic carbocycles. The molecule has 0 aliphatic carbocycles. The fourth-order valence-electron chi connectivity index (χ4n) is 3.21. The van der Waals surface area contributed by atoms with E-state index in [2.05, 4.69) is 15.5 Å². The van der Waals surface area contributed by atoms with Gasteiger partial charge in [-0.3, -0.25) is 9.89 Å². The molecule has 1 aliphatic heterocycles. The number of rotatable bonds is 5. The number of aliphatic hydroxyl groups excluding tert-OH is 1. The molecule has 0 radical (unpaired) electrons. The minimum atomic E-state index is -0.298. The van der Waals surface area contributed by atoms with Crippen LogP contribution in [0.4, 0.5) is 0 Å². The molecule has 1 aliphatic rings. The van der Waals surface area contributed by atoms with Crippen LogP contribution in [0.25, 0.3) is 10.9 Å². The van der Waals surface area contributed by atoms with Gasteiger partial charge in [-0.15, -0.1) is 0 Å². The van der Waals surface area contributed by atoms with E-state index >= 15 is 0 Å². The number of fused-ring (bicyclic) bond motifs is 1. The van der Waals surface area contributed by atoms with Crippen LogP contribution in [0.1, 0.15) is 22.5 Å². The number of benzene rings is 2. The first-order valence-corrected chi connectivity index (χ1v) is 8.93. The second-order valence-corrected chi connectivity index (χ2v) is 6.52. The van der Waals surface area contributed by atoms with Crippen molar-refractivity contribution in [3.8, 4) is 5.75 Å². The van der Waals surface area contributed by atoms with Gasteiger partial charge in [-0.2, -0.15) is 5.10 Å². The Balaban J connectivity index is 1.47. The van der Waals surface area contributed by atoms with Crippen molar-refractivity contribution in [3.63, 3.8) is 0 Å². The molecule has 0 saturated carbocycles. The van der Waals surface area contributed by atoms with Crippen molar-refractivity contribution in [1.29, 1.82) is 0 Å². The molecule has 1 fully saturated rings. The molecule has 0 unspecified atom stereocenters. The van der Waals surface area contributed by atoms with Crippen molar-refractivity contribution >= 4 is 16.8 Å². The lowest BCUT2D eigenvalue weighted by Crippen LogP contribution is -2.51. The monoisotopic (exact) mass is 367 g/mol. The molecule has 4 rings (SSSR count). The number of H-pyrrole nitrogens is 1. The summed E-state index contributed by atoms with van der Waals surface area (Å²) < 4.78 is 11.6. The molecular formula is C20H21N3O4. The summed E-state index contributed by atoms with van der Waals surface area (Å²) in [4.78, 5) is 12.8. The maximum atomic E-state index is 12.8. The third-order valence-corrected chi connectivity index (χ3v) is 4.70. The SMILES string of the molecule is O=C(N[C@@H]1CCOC[C@H]1Oc1ccc(CO)cc1)c1n[nH]c2ccccc12. The molecule has 0 bridgehead atoms. The fourth-order valence-corrected chi connectivity index (χ4v) is 3.21. The van der Waals surface area contributed by atoms with E-state index in [0.717, 1.165) is 16.5 Å². The van der Waals surface area contributed by atoms with Crippen LogP contribution >= 0.6 is 0 Å². The maximum Gasteiger partial charge on any atom is 0.272 e. The number of nitrogens with zero attached hydrogens (tertiary/aromatic N) is 1. The lowest BCUT2D eigenvalue weighted by atomic mass is 10.1. The molecule has 0 spiro atoms. The van der Waals surface area contributed by atoms with Crippen LogP contribution < -0.4 is 10.1 Å². The van der Waals surface area contributed by atoms with Crippen LogP contribution in [0.3, 0.4) is 0 Å². The summed E-state index contributed by atoms with van der Waals surface area (Å²) in [6, 6.07) is 14.6. The molecule has 7 heteroatoms. The molecule has 3 aromatic rings. The number of aromatic amines is 1. The van der Waals surface area contributed by atoms with Crippen LogP contribution in [0.2, 0.25) is 0 Å². The first-order valence-electron chi connectivity index (χ1n) is 8.93. The van der Waals surface area contributed by atoms with Gasteiger partial charge in [0.05, 0.1) is 24.8 Å². The number of nitrogens with one attached hydrogen (secondary N) is 2. The number of hydrogen-bond donors (Lipinski definition) is 3. The van der Waals surface area contributed by atoms with E-state index in [1.165, 1.54) is 0 Å². The van der Waals surface area contributed by atoms with E-state index < -0.39 is 0 Å². The van der Waals surface area contributed by atoms with Crippen LogP contribution in [0.15, 0.2) is 48.5 Å². The Morgan fingerprint density at radius 2 is 2.07 bits per heavy atom. The second kappa shape index (κ2) is 7.77. The molecule has 7 nitrogen and oxygen atoms in total. The summed E-state index contributed by atoms with van der Waals surface area (Å²) >= 11 is 0. The summed E-state index contributed by atoms with van der Waals surface area (Å²) in [7, 11) is 0. The van der Waals surface area contributed by atoms with Gasteiger partial charge in [0, 0.05) is 12.0 Å². The first-order chi connectivity index (χ1) is 13.2. The average molecular weight is 367 g/mol. The van der Waals surface area contributed by atoms with Gasteiger partial charge in [-0.05, 0) is 30.2 Å². The van der Waals surface area contributed by atoms with Crippen molar-refractivity contribution in [2.45, 2.75) is 25.2 Å². The summed E-state index contributed by atoms with van der Waals surface area (Å²) in [6.07, 6.45) is 0.362. The predicted molar refractivity (Wildman–Crippen MR) is 99.6 cm³/mol. The summed E-state index contributed by atoms with van der Waals surface area (Å²) in [5.41, 5.74) is 2.02. The van der Waals surface area contributed by atoms with Crippen LogP contribution in [0.5, 0.6) is 5.75 Å². The second-order valence-electron chi connectivity index (χ2n) is 6.52. The van der Waals surface area contributed by atoms with E-state index in [0.29, 0.717) is 31.1 Å². The van der Waals surface area contributed by atoms with Crippen LogP contribution in [0, 0.1) is 0 Å². The Hall–Kier alpha value is -2.90. The number of carbonyl (C=O) groups is 1. The van der Waals surface area contributed by atoms with Gasteiger partial charge >= 0.3 is 0 Å². The quantitative estimate of drug-likeness (QED) is 0.641. The molecule has 27 heavy (non-hydrogen) atoms. The Morgan fingerprint density at radius 3 is 2.89 bits per heavy atom. The van der Waals surface area contributed by atoms with E-state index in [9.17, 15) is 4.79 Å². The number of aliphatic hydroxyl groups is 1. The third kappa shape index (κ3) is 3.79. The molecule has 1 amide bonds. The normalized spacial score (nSPS) is 19.7. The number of ether oxygens (including phenoxy) is 2. The van der Waals surface area contributed by atoms with E-state index in [-0.39, 0.29) is 24.7 Å². The zero-order chi connectivity index (χ0) is 18.6. The van der Waals surface area contributed by atoms with E-state index in [4.69, 9.17) is 14.6 Å². The Labute approximate surface area is 156 Å². The number of para-hydroxylation sites is 1. The summed E-state index contributed by atoms with van der Waals surface area (Å²) in [5.74, 6) is 0.441. The molecule has 3 N–H and O–H groups in total. The number of hydrogen-bond acceptors (Lipinski definition) is 5. The van der Waals surface area contributed by atoms with Crippen molar-refractivity contribution in [1.82, 2.24) is 15.5 Å². The lowest BCUT2D eigenvalue weighted by molar-refractivity contribution is -0.0135.